The lowest BCUT2D eigenvalue weighted by Gasteiger charge is -2.20. The number of carbonyl (C=O) groups is 1. The largest absolute Gasteiger partial charge is 0.478 e. The first-order valence-corrected chi connectivity index (χ1v) is 6.68. The van der Waals surface area contributed by atoms with E-state index < -0.39 is 12.1 Å². The van der Waals surface area contributed by atoms with Gasteiger partial charge in [-0.15, -0.1) is 0 Å². The molecular formula is C13H19ClN2O3. The Morgan fingerprint density at radius 3 is 2.58 bits per heavy atom. The van der Waals surface area contributed by atoms with E-state index in [1.54, 1.807) is 0 Å². The van der Waals surface area contributed by atoms with Crippen molar-refractivity contribution in [1.82, 2.24) is 4.98 Å². The Balaban J connectivity index is 2.70. The van der Waals surface area contributed by atoms with Crippen molar-refractivity contribution in [3.05, 3.63) is 22.8 Å². The third-order valence-corrected chi connectivity index (χ3v) is 3.32. The lowest BCUT2D eigenvalue weighted by molar-refractivity contribution is 0.0697. The van der Waals surface area contributed by atoms with Crippen LogP contribution in [0.5, 0.6) is 0 Å². The van der Waals surface area contributed by atoms with Gasteiger partial charge in [0.05, 0.1) is 11.7 Å². The summed E-state index contributed by atoms with van der Waals surface area (Å²) in [7, 11) is 0. The van der Waals surface area contributed by atoms with E-state index in [0.717, 1.165) is 12.8 Å². The molecule has 0 spiro atoms. The number of aliphatic hydroxyl groups excluding tert-OH is 1. The van der Waals surface area contributed by atoms with Gasteiger partial charge in [-0.2, -0.15) is 0 Å². The van der Waals surface area contributed by atoms with E-state index in [1.165, 1.54) is 12.1 Å². The van der Waals surface area contributed by atoms with Crippen LogP contribution in [0.15, 0.2) is 12.1 Å². The molecule has 0 aliphatic carbocycles. The number of halogens is 1. The van der Waals surface area contributed by atoms with Gasteiger partial charge >= 0.3 is 5.97 Å². The van der Waals surface area contributed by atoms with E-state index in [2.05, 4.69) is 10.3 Å². The van der Waals surface area contributed by atoms with Crippen molar-refractivity contribution in [1.29, 1.82) is 0 Å². The smallest absolute Gasteiger partial charge is 0.335 e. The number of pyridine rings is 1. The number of hydrogen-bond donors (Lipinski definition) is 3. The van der Waals surface area contributed by atoms with Gasteiger partial charge in [-0.3, -0.25) is 0 Å². The average molecular weight is 287 g/mol. The topological polar surface area (TPSA) is 82.5 Å². The van der Waals surface area contributed by atoms with E-state index in [-0.39, 0.29) is 16.6 Å². The molecule has 0 saturated carbocycles. The van der Waals surface area contributed by atoms with Gasteiger partial charge < -0.3 is 15.5 Å². The number of rotatable bonds is 7. The molecule has 1 rings (SSSR count). The normalized spacial score (nSPS) is 12.5. The van der Waals surface area contributed by atoms with Crippen LogP contribution in [0.2, 0.25) is 5.15 Å². The number of nitrogens with zero attached hydrogens (tertiary/aromatic N) is 1. The van der Waals surface area contributed by atoms with Gasteiger partial charge in [0.2, 0.25) is 0 Å². The molecule has 1 atom stereocenters. The monoisotopic (exact) mass is 286 g/mol. The minimum absolute atomic E-state index is 0.0690. The summed E-state index contributed by atoms with van der Waals surface area (Å²) in [5.41, 5.74) is 0.0690. The van der Waals surface area contributed by atoms with Crippen LogP contribution in [-0.2, 0) is 0 Å². The van der Waals surface area contributed by atoms with Gasteiger partial charge in [-0.05, 0) is 18.1 Å². The molecular weight excluding hydrogens is 268 g/mol. The number of hydrogen-bond acceptors (Lipinski definition) is 4. The molecule has 1 unspecified atom stereocenters. The minimum atomic E-state index is -1.06. The molecule has 3 N–H and O–H groups in total. The van der Waals surface area contributed by atoms with Crippen LogP contribution < -0.4 is 5.32 Å². The zero-order chi connectivity index (χ0) is 14.4. The number of nitrogens with one attached hydrogen (secondary N) is 1. The van der Waals surface area contributed by atoms with Crippen LogP contribution in [0.1, 0.15) is 37.0 Å². The predicted molar refractivity (Wildman–Crippen MR) is 74.8 cm³/mol. The minimum Gasteiger partial charge on any atom is -0.478 e. The van der Waals surface area contributed by atoms with E-state index >= 15 is 0 Å². The van der Waals surface area contributed by atoms with Crippen LogP contribution in [0.3, 0.4) is 0 Å². The molecule has 19 heavy (non-hydrogen) atoms. The summed E-state index contributed by atoms with van der Waals surface area (Å²) in [6.45, 7) is 4.37. The van der Waals surface area contributed by atoms with Crippen molar-refractivity contribution >= 4 is 23.4 Å². The fourth-order valence-electron chi connectivity index (χ4n) is 1.92. The van der Waals surface area contributed by atoms with Gasteiger partial charge in [0.25, 0.3) is 0 Å². The Labute approximate surface area is 117 Å². The quantitative estimate of drug-likeness (QED) is 0.671. The number of aliphatic hydroxyl groups is 1. The molecule has 1 aromatic heterocycles. The lowest BCUT2D eigenvalue weighted by Crippen LogP contribution is -2.28. The summed E-state index contributed by atoms with van der Waals surface area (Å²) in [4.78, 5) is 14.9. The third-order valence-electron chi connectivity index (χ3n) is 3.13. The molecule has 0 saturated heterocycles. The number of anilines is 1. The molecule has 0 amide bonds. The highest BCUT2D eigenvalue weighted by Gasteiger charge is 2.15. The fourth-order valence-corrected chi connectivity index (χ4v) is 2.13. The SMILES string of the molecule is CCC(CC)C(O)CNc1cc(C(=O)O)cc(Cl)n1. The van der Waals surface area contributed by atoms with Gasteiger partial charge in [-0.25, -0.2) is 9.78 Å². The first-order chi connectivity index (χ1) is 8.97. The second-order valence-corrected chi connectivity index (χ2v) is 4.78. The maximum absolute atomic E-state index is 10.9. The summed E-state index contributed by atoms with van der Waals surface area (Å²) in [6.07, 6.45) is 1.29. The van der Waals surface area contributed by atoms with Crippen molar-refractivity contribution in [2.24, 2.45) is 5.92 Å². The number of aromatic nitrogens is 1. The van der Waals surface area contributed by atoms with Crippen LogP contribution in [-0.4, -0.2) is 33.8 Å². The van der Waals surface area contributed by atoms with Crippen molar-refractivity contribution in [3.63, 3.8) is 0 Å². The Kier molecular flexibility index (Phi) is 6.05. The summed E-state index contributed by atoms with van der Waals surface area (Å²) >= 11 is 5.75. The van der Waals surface area contributed by atoms with E-state index in [4.69, 9.17) is 16.7 Å². The highest BCUT2D eigenvalue weighted by atomic mass is 35.5. The van der Waals surface area contributed by atoms with Gasteiger partial charge in [0, 0.05) is 6.54 Å². The molecule has 106 valence electrons. The lowest BCUT2D eigenvalue weighted by atomic mass is 9.96. The zero-order valence-electron chi connectivity index (χ0n) is 11.1. The van der Waals surface area contributed by atoms with Crippen molar-refractivity contribution < 1.29 is 15.0 Å². The molecule has 0 radical (unpaired) electrons. The summed E-state index contributed by atoms with van der Waals surface area (Å²) < 4.78 is 0. The van der Waals surface area contributed by atoms with Gasteiger partial charge in [0.15, 0.2) is 0 Å². The molecule has 5 nitrogen and oxygen atoms in total. The van der Waals surface area contributed by atoms with Crippen LogP contribution in [0, 0.1) is 5.92 Å². The van der Waals surface area contributed by atoms with E-state index in [1.807, 2.05) is 13.8 Å². The predicted octanol–water partition coefficient (Wildman–Crippen LogP) is 2.64. The molecule has 0 bridgehead atoms. The van der Waals surface area contributed by atoms with E-state index in [0.29, 0.717) is 12.4 Å². The number of carboxylic acid groups (broad SMARTS) is 1. The standard InChI is InChI=1S/C13H19ClN2O3/c1-3-8(4-2)10(17)7-15-12-6-9(13(18)19)5-11(14)16-12/h5-6,8,10,17H,3-4,7H2,1-2H3,(H,15,16)(H,18,19). The molecule has 0 fully saturated rings. The fraction of sp³-hybridized carbons (Fsp3) is 0.538. The van der Waals surface area contributed by atoms with Crippen LogP contribution in [0.4, 0.5) is 5.82 Å². The summed E-state index contributed by atoms with van der Waals surface area (Å²) in [5.74, 6) is -0.492. The second-order valence-electron chi connectivity index (χ2n) is 4.39. The molecule has 1 aromatic rings. The molecule has 0 aliphatic rings. The van der Waals surface area contributed by atoms with E-state index in [9.17, 15) is 9.90 Å². The van der Waals surface area contributed by atoms with Crippen molar-refractivity contribution in [2.45, 2.75) is 32.8 Å². The Morgan fingerprint density at radius 2 is 2.05 bits per heavy atom. The molecule has 1 heterocycles. The van der Waals surface area contributed by atoms with Gasteiger partial charge in [0.1, 0.15) is 11.0 Å². The van der Waals surface area contributed by atoms with Crippen LogP contribution in [0.25, 0.3) is 0 Å². The van der Waals surface area contributed by atoms with Crippen molar-refractivity contribution in [2.75, 3.05) is 11.9 Å². The average Bonchev–Trinajstić information content (AvgIpc) is 2.37. The first-order valence-electron chi connectivity index (χ1n) is 6.30. The maximum atomic E-state index is 10.9. The molecule has 6 heteroatoms. The molecule has 0 aromatic carbocycles. The highest BCUT2D eigenvalue weighted by Crippen LogP contribution is 2.17. The van der Waals surface area contributed by atoms with Crippen LogP contribution >= 0.6 is 11.6 Å². The van der Waals surface area contributed by atoms with Crippen molar-refractivity contribution in [3.8, 4) is 0 Å². The Morgan fingerprint density at radius 1 is 1.42 bits per heavy atom. The number of carboxylic acids is 1. The zero-order valence-corrected chi connectivity index (χ0v) is 11.8. The first kappa shape index (κ1) is 15.7. The summed E-state index contributed by atoms with van der Waals surface area (Å²) in [6, 6.07) is 2.68. The highest BCUT2D eigenvalue weighted by molar-refractivity contribution is 6.29. The number of aromatic carboxylic acids is 1. The third kappa shape index (κ3) is 4.69. The molecule has 0 aliphatic heterocycles. The second kappa shape index (κ2) is 7.31. The Bertz CT molecular complexity index is 436. The summed E-state index contributed by atoms with van der Waals surface area (Å²) in [5, 5.41) is 21.9. The maximum Gasteiger partial charge on any atom is 0.335 e. The van der Waals surface area contributed by atoms with Gasteiger partial charge in [-0.1, -0.05) is 38.3 Å². The Hall–Kier alpha value is -1.33.